The summed E-state index contributed by atoms with van der Waals surface area (Å²) in [5.74, 6) is -1.85. The van der Waals surface area contributed by atoms with E-state index in [2.05, 4.69) is 5.32 Å². The van der Waals surface area contributed by atoms with Crippen molar-refractivity contribution in [2.45, 2.75) is 39.2 Å². The van der Waals surface area contributed by atoms with Gasteiger partial charge in [-0.15, -0.1) is 0 Å². The van der Waals surface area contributed by atoms with E-state index in [1.165, 1.54) is 12.1 Å². The van der Waals surface area contributed by atoms with Crippen molar-refractivity contribution in [3.63, 3.8) is 0 Å². The van der Waals surface area contributed by atoms with Crippen LogP contribution in [-0.4, -0.2) is 22.5 Å². The average Bonchev–Trinajstić information content (AvgIpc) is 2.31. The van der Waals surface area contributed by atoms with Crippen molar-refractivity contribution >= 4 is 23.5 Å². The van der Waals surface area contributed by atoms with Gasteiger partial charge in [0.1, 0.15) is 5.82 Å². The van der Waals surface area contributed by atoms with Crippen LogP contribution in [0, 0.1) is 11.7 Å². The topological polar surface area (TPSA) is 66.4 Å². The molecule has 1 aromatic rings. The fraction of sp³-hybridized carbons (Fsp3) is 0.467. The Labute approximate surface area is 128 Å². The molecule has 1 unspecified atom stereocenters. The molecule has 0 bridgehead atoms. The SMILES string of the molecule is CC(C)C(C)(CC(=O)O)NC(=O)Cc1ccc(F)cc1Cl. The number of benzene rings is 1. The lowest BCUT2D eigenvalue weighted by Crippen LogP contribution is -2.51. The first-order chi connectivity index (χ1) is 9.64. The van der Waals surface area contributed by atoms with Crippen LogP contribution in [0.3, 0.4) is 0 Å². The first-order valence-electron chi connectivity index (χ1n) is 6.61. The van der Waals surface area contributed by atoms with Crippen molar-refractivity contribution in [2.75, 3.05) is 0 Å². The smallest absolute Gasteiger partial charge is 0.305 e. The summed E-state index contributed by atoms with van der Waals surface area (Å²) in [7, 11) is 0. The minimum Gasteiger partial charge on any atom is -0.481 e. The highest BCUT2D eigenvalue weighted by Gasteiger charge is 2.32. The van der Waals surface area contributed by atoms with Gasteiger partial charge in [-0.2, -0.15) is 0 Å². The molecule has 0 spiro atoms. The van der Waals surface area contributed by atoms with E-state index in [-0.39, 0.29) is 29.7 Å². The summed E-state index contributed by atoms with van der Waals surface area (Å²) in [6, 6.07) is 3.82. The van der Waals surface area contributed by atoms with Gasteiger partial charge in [0.25, 0.3) is 0 Å². The maximum absolute atomic E-state index is 13.0. The molecule has 0 saturated carbocycles. The van der Waals surface area contributed by atoms with E-state index >= 15 is 0 Å². The molecule has 0 aliphatic rings. The Balaban J connectivity index is 2.81. The van der Waals surface area contributed by atoms with Crippen molar-refractivity contribution in [3.8, 4) is 0 Å². The molecular weight excluding hydrogens is 297 g/mol. The number of amides is 1. The molecule has 4 nitrogen and oxygen atoms in total. The van der Waals surface area contributed by atoms with E-state index in [0.29, 0.717) is 5.56 Å². The monoisotopic (exact) mass is 315 g/mol. The molecule has 0 aliphatic carbocycles. The summed E-state index contributed by atoms with van der Waals surface area (Å²) in [5.41, 5.74) is -0.355. The van der Waals surface area contributed by atoms with Crippen molar-refractivity contribution < 1.29 is 19.1 Å². The number of aliphatic carboxylic acids is 1. The fourth-order valence-electron chi connectivity index (χ4n) is 1.91. The van der Waals surface area contributed by atoms with Crippen molar-refractivity contribution in [1.82, 2.24) is 5.32 Å². The first-order valence-corrected chi connectivity index (χ1v) is 6.98. The molecule has 0 heterocycles. The molecule has 116 valence electrons. The standard InChI is InChI=1S/C15H19ClFNO3/c1-9(2)15(3,8-14(20)21)18-13(19)6-10-4-5-11(17)7-12(10)16/h4-5,7,9H,6,8H2,1-3H3,(H,18,19)(H,20,21). The van der Waals surface area contributed by atoms with Crippen LogP contribution in [0.15, 0.2) is 18.2 Å². The Morgan fingerprint density at radius 3 is 2.52 bits per heavy atom. The summed E-state index contributed by atoms with van der Waals surface area (Å²) in [6.07, 6.45) is -0.200. The van der Waals surface area contributed by atoms with Crippen LogP contribution in [0.5, 0.6) is 0 Å². The first kappa shape index (κ1) is 17.4. The predicted molar refractivity (Wildman–Crippen MR) is 78.8 cm³/mol. The maximum Gasteiger partial charge on any atom is 0.305 e. The highest BCUT2D eigenvalue weighted by molar-refractivity contribution is 6.31. The number of halogens is 2. The minimum atomic E-state index is -0.980. The van der Waals surface area contributed by atoms with E-state index in [4.69, 9.17) is 16.7 Å². The van der Waals surface area contributed by atoms with Crippen LogP contribution in [0.2, 0.25) is 5.02 Å². The van der Waals surface area contributed by atoms with E-state index in [1.807, 2.05) is 13.8 Å². The maximum atomic E-state index is 13.0. The zero-order chi connectivity index (χ0) is 16.2. The number of hydrogen-bond donors (Lipinski definition) is 2. The number of carboxylic acid groups (broad SMARTS) is 1. The second-order valence-corrected chi connectivity index (χ2v) is 6.01. The lowest BCUT2D eigenvalue weighted by Gasteiger charge is -2.33. The van der Waals surface area contributed by atoms with E-state index in [1.54, 1.807) is 6.92 Å². The largest absolute Gasteiger partial charge is 0.481 e. The van der Waals surface area contributed by atoms with Crippen molar-refractivity contribution in [3.05, 3.63) is 34.6 Å². The second kappa shape index (κ2) is 6.89. The summed E-state index contributed by atoms with van der Waals surface area (Å²) in [4.78, 5) is 23.0. The summed E-state index contributed by atoms with van der Waals surface area (Å²) < 4.78 is 13.0. The van der Waals surface area contributed by atoms with Gasteiger partial charge in [-0.3, -0.25) is 9.59 Å². The van der Waals surface area contributed by atoms with Gasteiger partial charge < -0.3 is 10.4 Å². The van der Waals surface area contributed by atoms with Crippen LogP contribution in [-0.2, 0) is 16.0 Å². The van der Waals surface area contributed by atoms with Gasteiger partial charge >= 0.3 is 5.97 Å². The third-order valence-corrected chi connectivity index (χ3v) is 3.94. The van der Waals surface area contributed by atoms with Crippen molar-refractivity contribution in [1.29, 1.82) is 0 Å². The number of carbonyl (C=O) groups is 2. The fourth-order valence-corrected chi connectivity index (χ4v) is 2.14. The van der Waals surface area contributed by atoms with Crippen LogP contribution in [0.1, 0.15) is 32.8 Å². The van der Waals surface area contributed by atoms with Crippen LogP contribution < -0.4 is 5.32 Å². The highest BCUT2D eigenvalue weighted by atomic mass is 35.5. The van der Waals surface area contributed by atoms with Gasteiger partial charge in [0.05, 0.1) is 12.8 Å². The molecule has 1 atom stereocenters. The number of nitrogens with one attached hydrogen (secondary N) is 1. The van der Waals surface area contributed by atoms with Gasteiger partial charge in [-0.05, 0) is 30.5 Å². The zero-order valence-corrected chi connectivity index (χ0v) is 13.0. The molecule has 0 fully saturated rings. The van der Waals surface area contributed by atoms with E-state index < -0.39 is 17.3 Å². The normalized spacial score (nSPS) is 13.8. The van der Waals surface area contributed by atoms with Crippen LogP contribution in [0.25, 0.3) is 0 Å². The Morgan fingerprint density at radius 2 is 2.05 bits per heavy atom. The van der Waals surface area contributed by atoms with Crippen LogP contribution >= 0.6 is 11.6 Å². The Morgan fingerprint density at radius 1 is 1.43 bits per heavy atom. The van der Waals surface area contributed by atoms with Gasteiger partial charge in [0.2, 0.25) is 5.91 Å². The van der Waals surface area contributed by atoms with Gasteiger partial charge in [0, 0.05) is 10.6 Å². The second-order valence-electron chi connectivity index (χ2n) is 5.60. The quantitative estimate of drug-likeness (QED) is 0.848. The third-order valence-electron chi connectivity index (χ3n) is 3.58. The highest BCUT2D eigenvalue weighted by Crippen LogP contribution is 2.22. The lowest BCUT2D eigenvalue weighted by atomic mass is 9.85. The molecule has 0 aromatic heterocycles. The molecule has 1 amide bonds. The summed E-state index contributed by atoms with van der Waals surface area (Å²) >= 11 is 5.88. The number of hydrogen-bond acceptors (Lipinski definition) is 2. The Hall–Kier alpha value is -1.62. The molecule has 0 radical (unpaired) electrons. The Bertz CT molecular complexity index is 548. The van der Waals surface area contributed by atoms with Gasteiger partial charge in [0.15, 0.2) is 0 Å². The number of rotatable bonds is 6. The van der Waals surface area contributed by atoms with Crippen LogP contribution in [0.4, 0.5) is 4.39 Å². The molecular formula is C15H19ClFNO3. The number of carboxylic acids is 1. The minimum absolute atomic E-state index is 0.0267. The van der Waals surface area contributed by atoms with Gasteiger partial charge in [-0.25, -0.2) is 4.39 Å². The van der Waals surface area contributed by atoms with E-state index in [9.17, 15) is 14.0 Å². The zero-order valence-electron chi connectivity index (χ0n) is 12.2. The van der Waals surface area contributed by atoms with Gasteiger partial charge in [-0.1, -0.05) is 31.5 Å². The molecule has 1 aromatic carbocycles. The lowest BCUT2D eigenvalue weighted by molar-refractivity contribution is -0.139. The third kappa shape index (κ3) is 5.01. The summed E-state index contributed by atoms with van der Waals surface area (Å²) in [5, 5.41) is 11.9. The predicted octanol–water partition coefficient (Wildman–Crippen LogP) is 3.03. The number of carbonyl (C=O) groups excluding carboxylic acids is 1. The molecule has 1 rings (SSSR count). The van der Waals surface area contributed by atoms with E-state index in [0.717, 1.165) is 6.07 Å². The molecule has 0 saturated heterocycles. The summed E-state index contributed by atoms with van der Waals surface area (Å²) in [6.45, 7) is 5.37. The molecule has 0 aliphatic heterocycles. The molecule has 21 heavy (non-hydrogen) atoms. The van der Waals surface area contributed by atoms with Crippen molar-refractivity contribution in [2.24, 2.45) is 5.92 Å². The molecule has 6 heteroatoms. The average molecular weight is 316 g/mol. The molecule has 2 N–H and O–H groups in total. The Kier molecular flexibility index (Phi) is 5.72.